The Morgan fingerprint density at radius 3 is 2.70 bits per heavy atom. The zero-order chi connectivity index (χ0) is 19.6. The molecule has 5 heteroatoms. The van der Waals surface area contributed by atoms with Crippen molar-refractivity contribution < 1.29 is 14.3 Å². The second-order valence-corrected chi connectivity index (χ2v) is 8.15. The van der Waals surface area contributed by atoms with E-state index in [9.17, 15) is 4.79 Å². The first-order valence-corrected chi connectivity index (χ1v) is 9.65. The zero-order valence-electron chi connectivity index (χ0n) is 17.0. The van der Waals surface area contributed by atoms with Gasteiger partial charge in [-0.15, -0.1) is 0 Å². The fraction of sp³-hybridized carbons (Fsp3) is 0.500. The molecule has 0 aromatic heterocycles. The molecule has 27 heavy (non-hydrogen) atoms. The van der Waals surface area contributed by atoms with Gasteiger partial charge in [-0.05, 0) is 65.2 Å². The van der Waals surface area contributed by atoms with Crippen molar-refractivity contribution in [3.63, 3.8) is 0 Å². The highest BCUT2D eigenvalue weighted by Gasteiger charge is 2.26. The van der Waals surface area contributed by atoms with Crippen LogP contribution in [-0.4, -0.2) is 40.6 Å². The molecule has 2 aliphatic heterocycles. The second-order valence-electron chi connectivity index (χ2n) is 8.15. The molecule has 1 atom stereocenters. The molecule has 1 unspecified atom stereocenters. The Balaban J connectivity index is 1.72. The van der Waals surface area contributed by atoms with Crippen LogP contribution in [0.2, 0.25) is 0 Å². The van der Waals surface area contributed by atoms with Gasteiger partial charge in [0.05, 0.1) is 0 Å². The van der Waals surface area contributed by atoms with E-state index in [-0.39, 0.29) is 24.3 Å². The largest absolute Gasteiger partial charge is 0.454 e. The third kappa shape index (κ3) is 4.29. The Kier molecular flexibility index (Phi) is 5.49. The SMILES string of the molecule is CCN(C(=O)C1=CN(C(C)(C)C)C=CC1)C(C)Cc1ccc2c(c1)OCO2. The average molecular weight is 370 g/mol. The van der Waals surface area contributed by atoms with Crippen LogP contribution in [0.5, 0.6) is 11.5 Å². The summed E-state index contributed by atoms with van der Waals surface area (Å²) in [5.41, 5.74) is 1.94. The maximum absolute atomic E-state index is 13.2. The van der Waals surface area contributed by atoms with Crippen LogP contribution in [-0.2, 0) is 11.2 Å². The van der Waals surface area contributed by atoms with Crippen molar-refractivity contribution in [1.82, 2.24) is 9.80 Å². The van der Waals surface area contributed by atoms with Gasteiger partial charge in [-0.25, -0.2) is 0 Å². The lowest BCUT2D eigenvalue weighted by atomic mass is 10.0. The summed E-state index contributed by atoms with van der Waals surface area (Å²) in [6.07, 6.45) is 7.58. The number of hydrogen-bond acceptors (Lipinski definition) is 4. The fourth-order valence-corrected chi connectivity index (χ4v) is 3.48. The number of carbonyl (C=O) groups excluding carboxylic acids is 1. The van der Waals surface area contributed by atoms with Gasteiger partial charge in [0.2, 0.25) is 6.79 Å². The van der Waals surface area contributed by atoms with E-state index in [2.05, 4.69) is 44.9 Å². The Morgan fingerprint density at radius 1 is 1.26 bits per heavy atom. The van der Waals surface area contributed by atoms with Gasteiger partial charge in [0.25, 0.3) is 5.91 Å². The van der Waals surface area contributed by atoms with Crippen molar-refractivity contribution in [3.05, 3.63) is 47.8 Å². The van der Waals surface area contributed by atoms with Crippen LogP contribution in [0.4, 0.5) is 0 Å². The molecule has 0 aliphatic carbocycles. The number of benzene rings is 1. The van der Waals surface area contributed by atoms with E-state index in [0.717, 1.165) is 29.1 Å². The predicted octanol–water partition coefficient (Wildman–Crippen LogP) is 4.10. The number of rotatable bonds is 5. The molecular weight excluding hydrogens is 340 g/mol. The molecule has 1 amide bonds. The van der Waals surface area contributed by atoms with Crippen molar-refractivity contribution in [2.75, 3.05) is 13.3 Å². The topological polar surface area (TPSA) is 42.0 Å². The van der Waals surface area contributed by atoms with Gasteiger partial charge in [0.15, 0.2) is 11.5 Å². The summed E-state index contributed by atoms with van der Waals surface area (Å²) in [6.45, 7) is 11.5. The highest BCUT2D eigenvalue weighted by Crippen LogP contribution is 2.33. The molecule has 0 spiro atoms. The number of hydrogen-bond donors (Lipinski definition) is 0. The van der Waals surface area contributed by atoms with Crippen molar-refractivity contribution in [2.24, 2.45) is 0 Å². The fourth-order valence-electron chi connectivity index (χ4n) is 3.48. The van der Waals surface area contributed by atoms with Gasteiger partial charge >= 0.3 is 0 Å². The quantitative estimate of drug-likeness (QED) is 0.783. The van der Waals surface area contributed by atoms with Crippen LogP contribution < -0.4 is 9.47 Å². The lowest BCUT2D eigenvalue weighted by Crippen LogP contribution is -2.42. The minimum absolute atomic E-state index is 0.0440. The highest BCUT2D eigenvalue weighted by atomic mass is 16.7. The van der Waals surface area contributed by atoms with Crippen molar-refractivity contribution >= 4 is 5.91 Å². The molecule has 1 aromatic carbocycles. The number of ether oxygens (including phenoxy) is 2. The minimum atomic E-state index is -0.0440. The normalized spacial score (nSPS) is 16.9. The third-order valence-corrected chi connectivity index (χ3v) is 5.05. The molecule has 0 bridgehead atoms. The maximum Gasteiger partial charge on any atom is 0.251 e. The summed E-state index contributed by atoms with van der Waals surface area (Å²) >= 11 is 0. The predicted molar refractivity (Wildman–Crippen MR) is 107 cm³/mol. The van der Waals surface area contributed by atoms with Gasteiger partial charge in [-0.3, -0.25) is 4.79 Å². The molecule has 3 rings (SSSR count). The number of nitrogens with zero attached hydrogens (tertiary/aromatic N) is 2. The van der Waals surface area contributed by atoms with Crippen LogP contribution in [0.1, 0.15) is 46.6 Å². The van der Waals surface area contributed by atoms with Gasteiger partial charge < -0.3 is 19.3 Å². The standard InChI is InChI=1S/C22H30N2O3/c1-6-24(21(25)18-8-7-11-23(14-18)22(3,4)5)16(2)12-17-9-10-19-20(13-17)27-15-26-19/h7,9-11,13-14,16H,6,8,12,15H2,1-5H3. The molecular formula is C22H30N2O3. The molecule has 0 fully saturated rings. The van der Waals surface area contributed by atoms with E-state index < -0.39 is 0 Å². The monoisotopic (exact) mass is 370 g/mol. The minimum Gasteiger partial charge on any atom is -0.454 e. The van der Waals surface area contributed by atoms with E-state index in [1.54, 1.807) is 0 Å². The van der Waals surface area contributed by atoms with E-state index in [1.807, 2.05) is 36.2 Å². The zero-order valence-corrected chi connectivity index (χ0v) is 17.0. The summed E-state index contributed by atoms with van der Waals surface area (Å²) in [5, 5.41) is 0. The smallest absolute Gasteiger partial charge is 0.251 e. The van der Waals surface area contributed by atoms with Crippen molar-refractivity contribution in [2.45, 2.75) is 59.0 Å². The first-order chi connectivity index (χ1) is 12.8. The number of likely N-dealkylation sites (N-methyl/N-ethyl adjacent to an activating group) is 1. The summed E-state index contributed by atoms with van der Waals surface area (Å²) < 4.78 is 10.8. The number of allylic oxidation sites excluding steroid dienone is 1. The number of amides is 1. The molecule has 146 valence electrons. The maximum atomic E-state index is 13.2. The van der Waals surface area contributed by atoms with Crippen molar-refractivity contribution in [1.29, 1.82) is 0 Å². The first-order valence-electron chi connectivity index (χ1n) is 9.65. The van der Waals surface area contributed by atoms with Crippen LogP contribution in [0, 0.1) is 0 Å². The van der Waals surface area contributed by atoms with Gasteiger partial charge in [0, 0.05) is 36.1 Å². The van der Waals surface area contributed by atoms with E-state index >= 15 is 0 Å². The lowest BCUT2D eigenvalue weighted by Gasteiger charge is -2.35. The second kappa shape index (κ2) is 7.67. The molecule has 0 saturated heterocycles. The molecule has 0 saturated carbocycles. The first kappa shape index (κ1) is 19.3. The Bertz CT molecular complexity index is 761. The molecule has 0 radical (unpaired) electrons. The summed E-state index contributed by atoms with van der Waals surface area (Å²) in [5.74, 6) is 1.69. The van der Waals surface area contributed by atoms with Gasteiger partial charge in [0.1, 0.15) is 0 Å². The molecule has 5 nitrogen and oxygen atoms in total. The lowest BCUT2D eigenvalue weighted by molar-refractivity contribution is -0.129. The van der Waals surface area contributed by atoms with Crippen molar-refractivity contribution in [3.8, 4) is 11.5 Å². The Labute approximate surface area is 162 Å². The molecule has 2 aliphatic rings. The van der Waals surface area contributed by atoms with E-state index in [0.29, 0.717) is 13.0 Å². The van der Waals surface area contributed by atoms with Gasteiger partial charge in [-0.2, -0.15) is 0 Å². The third-order valence-electron chi connectivity index (χ3n) is 5.05. The Hall–Kier alpha value is -2.43. The summed E-state index contributed by atoms with van der Waals surface area (Å²) in [4.78, 5) is 17.2. The molecule has 0 N–H and O–H groups in total. The Morgan fingerprint density at radius 2 is 2.00 bits per heavy atom. The molecule has 2 heterocycles. The van der Waals surface area contributed by atoms with Crippen LogP contribution in [0.15, 0.2) is 42.2 Å². The van der Waals surface area contributed by atoms with E-state index in [1.165, 1.54) is 0 Å². The summed E-state index contributed by atoms with van der Waals surface area (Å²) in [6, 6.07) is 6.10. The number of carbonyl (C=O) groups is 1. The molecule has 1 aromatic rings. The van der Waals surface area contributed by atoms with Gasteiger partial charge in [-0.1, -0.05) is 12.1 Å². The van der Waals surface area contributed by atoms with Crippen LogP contribution in [0.25, 0.3) is 0 Å². The van der Waals surface area contributed by atoms with Crippen LogP contribution in [0.3, 0.4) is 0 Å². The number of fused-ring (bicyclic) bond motifs is 1. The van der Waals surface area contributed by atoms with E-state index in [4.69, 9.17) is 9.47 Å². The highest BCUT2D eigenvalue weighted by molar-refractivity contribution is 5.94. The summed E-state index contributed by atoms with van der Waals surface area (Å²) in [7, 11) is 0. The average Bonchev–Trinajstić information content (AvgIpc) is 3.09. The van der Waals surface area contributed by atoms with Crippen LogP contribution >= 0.6 is 0 Å².